The van der Waals surface area contributed by atoms with E-state index in [0.29, 0.717) is 17.7 Å². The largest absolute Gasteiger partial charge is 0.454 e. The molecule has 30 heavy (non-hydrogen) atoms. The molecule has 0 radical (unpaired) electrons. The van der Waals surface area contributed by atoms with Crippen LogP contribution in [0.2, 0.25) is 0 Å². The summed E-state index contributed by atoms with van der Waals surface area (Å²) in [5.74, 6) is -0.789. The lowest BCUT2D eigenvalue weighted by atomic mass is 10.0. The molecule has 0 aromatic heterocycles. The van der Waals surface area contributed by atoms with E-state index in [-0.39, 0.29) is 24.5 Å². The molecule has 0 aliphatic carbocycles. The van der Waals surface area contributed by atoms with E-state index in [1.54, 1.807) is 36.4 Å². The summed E-state index contributed by atoms with van der Waals surface area (Å²) < 4.78 is 5.15. The third-order valence-corrected chi connectivity index (χ3v) is 4.49. The number of aryl methyl sites for hydroxylation is 1. The van der Waals surface area contributed by atoms with Gasteiger partial charge < -0.3 is 15.4 Å². The maximum atomic E-state index is 12.3. The Bertz CT molecular complexity index is 843. The van der Waals surface area contributed by atoms with Gasteiger partial charge in [-0.05, 0) is 49.9 Å². The molecule has 0 saturated carbocycles. The summed E-state index contributed by atoms with van der Waals surface area (Å²) in [6.07, 6.45) is 3.24. The molecule has 0 spiro atoms. The van der Waals surface area contributed by atoms with Crippen LogP contribution in [0.4, 0.5) is 4.79 Å². The number of benzene rings is 2. The van der Waals surface area contributed by atoms with E-state index in [4.69, 9.17) is 4.74 Å². The standard InChI is InChI=1S/C24H30N2O4/c1-4-5-6-18-7-11-20(12-8-18)22(27)16-30-23(28)21-13-9-19(10-14-21)15-25-24(29)26-17(2)3/h7-14,17H,4-6,15-16H2,1-3H3,(H2,25,26,29). The SMILES string of the molecule is CCCCc1ccc(C(=O)COC(=O)c2ccc(CNC(=O)NC(C)C)cc2)cc1. The van der Waals surface area contributed by atoms with Gasteiger partial charge in [-0.15, -0.1) is 0 Å². The number of hydrogen-bond acceptors (Lipinski definition) is 4. The van der Waals surface area contributed by atoms with Crippen molar-refractivity contribution in [3.63, 3.8) is 0 Å². The third-order valence-electron chi connectivity index (χ3n) is 4.49. The van der Waals surface area contributed by atoms with E-state index in [0.717, 1.165) is 24.8 Å². The normalized spacial score (nSPS) is 10.5. The Morgan fingerprint density at radius 1 is 0.900 bits per heavy atom. The number of nitrogens with one attached hydrogen (secondary N) is 2. The van der Waals surface area contributed by atoms with Gasteiger partial charge in [0.1, 0.15) is 0 Å². The molecule has 0 aliphatic heterocycles. The van der Waals surface area contributed by atoms with Crippen LogP contribution in [-0.2, 0) is 17.7 Å². The van der Waals surface area contributed by atoms with Crippen molar-refractivity contribution in [2.24, 2.45) is 0 Å². The molecule has 0 atom stereocenters. The summed E-state index contributed by atoms with van der Waals surface area (Å²) in [7, 11) is 0. The average Bonchev–Trinajstić information content (AvgIpc) is 2.74. The molecule has 0 unspecified atom stereocenters. The van der Waals surface area contributed by atoms with E-state index < -0.39 is 5.97 Å². The quantitative estimate of drug-likeness (QED) is 0.452. The lowest BCUT2D eigenvalue weighted by Crippen LogP contribution is -2.39. The molecule has 2 amide bonds. The highest BCUT2D eigenvalue weighted by atomic mass is 16.5. The second-order valence-corrected chi connectivity index (χ2v) is 7.48. The molecule has 6 heteroatoms. The molecule has 2 rings (SSSR count). The van der Waals surface area contributed by atoms with Crippen LogP contribution in [0.3, 0.4) is 0 Å². The number of carbonyl (C=O) groups excluding carboxylic acids is 3. The zero-order chi connectivity index (χ0) is 21.9. The lowest BCUT2D eigenvalue weighted by molar-refractivity contribution is 0.0474. The average molecular weight is 411 g/mol. The summed E-state index contributed by atoms with van der Waals surface area (Å²) >= 11 is 0. The molecular formula is C24H30N2O4. The zero-order valence-corrected chi connectivity index (χ0v) is 17.9. The van der Waals surface area contributed by atoms with Crippen molar-refractivity contribution >= 4 is 17.8 Å². The van der Waals surface area contributed by atoms with Gasteiger partial charge in [-0.3, -0.25) is 4.79 Å². The number of Topliss-reactive ketones (excluding diaryl/α,β-unsaturated/α-hetero) is 1. The molecule has 6 nitrogen and oxygen atoms in total. The highest BCUT2D eigenvalue weighted by Crippen LogP contribution is 2.10. The molecule has 160 valence electrons. The number of urea groups is 1. The van der Waals surface area contributed by atoms with Crippen LogP contribution in [0, 0.1) is 0 Å². The van der Waals surface area contributed by atoms with Crippen LogP contribution in [0.25, 0.3) is 0 Å². The van der Waals surface area contributed by atoms with Gasteiger partial charge in [0.05, 0.1) is 5.56 Å². The predicted octanol–water partition coefficient (Wildman–Crippen LogP) is 4.28. The van der Waals surface area contributed by atoms with Gasteiger partial charge >= 0.3 is 12.0 Å². The van der Waals surface area contributed by atoms with Gasteiger partial charge in [0, 0.05) is 18.2 Å². The number of esters is 1. The van der Waals surface area contributed by atoms with E-state index >= 15 is 0 Å². The second-order valence-electron chi connectivity index (χ2n) is 7.48. The molecule has 2 aromatic carbocycles. The number of ketones is 1. The Balaban J connectivity index is 1.81. The van der Waals surface area contributed by atoms with Crippen LogP contribution in [0.5, 0.6) is 0 Å². The first-order valence-corrected chi connectivity index (χ1v) is 10.3. The molecule has 0 fully saturated rings. The molecule has 0 aliphatic rings. The number of amides is 2. The van der Waals surface area contributed by atoms with Crippen LogP contribution >= 0.6 is 0 Å². The lowest BCUT2D eigenvalue weighted by Gasteiger charge is -2.10. The van der Waals surface area contributed by atoms with Crippen LogP contribution in [0.15, 0.2) is 48.5 Å². The first kappa shape index (κ1) is 23.1. The Labute approximate surface area is 178 Å². The molecule has 2 N–H and O–H groups in total. The highest BCUT2D eigenvalue weighted by molar-refractivity contribution is 5.99. The van der Waals surface area contributed by atoms with Crippen molar-refractivity contribution in [2.75, 3.05) is 6.61 Å². The number of carbonyl (C=O) groups is 3. The maximum absolute atomic E-state index is 12.3. The first-order chi connectivity index (χ1) is 14.4. The Morgan fingerprint density at radius 3 is 2.10 bits per heavy atom. The zero-order valence-electron chi connectivity index (χ0n) is 17.9. The van der Waals surface area contributed by atoms with E-state index in [2.05, 4.69) is 17.6 Å². The van der Waals surface area contributed by atoms with Crippen LogP contribution < -0.4 is 10.6 Å². The predicted molar refractivity (Wildman–Crippen MR) is 117 cm³/mol. The van der Waals surface area contributed by atoms with Crippen molar-refractivity contribution in [3.05, 3.63) is 70.8 Å². The number of unbranched alkanes of at least 4 members (excludes halogenated alkanes) is 1. The Hall–Kier alpha value is -3.15. The summed E-state index contributed by atoms with van der Waals surface area (Å²) in [5.41, 5.74) is 2.93. The molecule has 0 heterocycles. The molecular weight excluding hydrogens is 380 g/mol. The van der Waals surface area contributed by atoms with E-state index in [1.165, 1.54) is 5.56 Å². The third kappa shape index (κ3) is 7.70. The van der Waals surface area contributed by atoms with Crippen molar-refractivity contribution in [1.82, 2.24) is 10.6 Å². The van der Waals surface area contributed by atoms with Crippen molar-refractivity contribution in [3.8, 4) is 0 Å². The minimum atomic E-state index is -0.556. The van der Waals surface area contributed by atoms with Crippen LogP contribution in [0.1, 0.15) is 65.5 Å². The molecule has 0 saturated heterocycles. The maximum Gasteiger partial charge on any atom is 0.338 e. The fraction of sp³-hybridized carbons (Fsp3) is 0.375. The summed E-state index contributed by atoms with van der Waals surface area (Å²) in [6, 6.07) is 14.0. The number of ether oxygens (including phenoxy) is 1. The van der Waals surface area contributed by atoms with Crippen molar-refractivity contribution < 1.29 is 19.1 Å². The first-order valence-electron chi connectivity index (χ1n) is 10.3. The van der Waals surface area contributed by atoms with Crippen LogP contribution in [-0.4, -0.2) is 30.4 Å². The minimum Gasteiger partial charge on any atom is -0.454 e. The highest BCUT2D eigenvalue weighted by Gasteiger charge is 2.12. The molecule has 0 bridgehead atoms. The summed E-state index contributed by atoms with van der Waals surface area (Å²) in [4.78, 5) is 36.1. The number of rotatable bonds is 10. The van der Waals surface area contributed by atoms with Gasteiger partial charge in [0.2, 0.25) is 0 Å². The van der Waals surface area contributed by atoms with Gasteiger partial charge in [-0.1, -0.05) is 49.7 Å². The van der Waals surface area contributed by atoms with Crippen molar-refractivity contribution in [2.45, 2.75) is 52.6 Å². The van der Waals surface area contributed by atoms with Gasteiger partial charge in [-0.25, -0.2) is 9.59 Å². The monoisotopic (exact) mass is 410 g/mol. The molecule has 2 aromatic rings. The smallest absolute Gasteiger partial charge is 0.338 e. The van der Waals surface area contributed by atoms with Gasteiger partial charge in [-0.2, -0.15) is 0 Å². The Morgan fingerprint density at radius 2 is 1.50 bits per heavy atom. The van der Waals surface area contributed by atoms with Gasteiger partial charge in [0.15, 0.2) is 12.4 Å². The van der Waals surface area contributed by atoms with Crippen molar-refractivity contribution in [1.29, 1.82) is 0 Å². The Kier molecular flexibility index (Phi) is 9.06. The van der Waals surface area contributed by atoms with Gasteiger partial charge in [0.25, 0.3) is 0 Å². The summed E-state index contributed by atoms with van der Waals surface area (Å²) in [5, 5.41) is 5.48. The number of hydrogen-bond donors (Lipinski definition) is 2. The fourth-order valence-electron chi connectivity index (χ4n) is 2.79. The van der Waals surface area contributed by atoms with E-state index in [9.17, 15) is 14.4 Å². The topological polar surface area (TPSA) is 84.5 Å². The fourth-order valence-corrected chi connectivity index (χ4v) is 2.79. The second kappa shape index (κ2) is 11.8. The van der Waals surface area contributed by atoms with E-state index in [1.807, 2.05) is 26.0 Å². The summed E-state index contributed by atoms with van der Waals surface area (Å²) in [6.45, 7) is 5.95. The minimum absolute atomic E-state index is 0.0591.